The molecule has 1 aliphatic rings. The molecule has 0 radical (unpaired) electrons. The molecule has 1 saturated carbocycles. The molecule has 1 aromatic heterocycles. The topological polar surface area (TPSA) is 90.7 Å². The molecule has 0 unspecified atom stereocenters. The number of nitrogens with one attached hydrogen (secondary N) is 2. The van der Waals surface area contributed by atoms with Crippen molar-refractivity contribution in [3.8, 4) is 6.07 Å². The van der Waals surface area contributed by atoms with Crippen LogP contribution >= 0.6 is 0 Å². The van der Waals surface area contributed by atoms with Gasteiger partial charge in [-0.1, -0.05) is 6.42 Å². The maximum Gasteiger partial charge on any atom is 0.228 e. The van der Waals surface area contributed by atoms with E-state index in [9.17, 15) is 4.79 Å². The first-order chi connectivity index (χ1) is 10.7. The van der Waals surface area contributed by atoms with Crippen molar-refractivity contribution in [3.63, 3.8) is 0 Å². The van der Waals surface area contributed by atoms with Crippen molar-refractivity contribution in [2.45, 2.75) is 19.3 Å². The van der Waals surface area contributed by atoms with Gasteiger partial charge in [-0.2, -0.15) is 5.26 Å². The Morgan fingerprint density at radius 1 is 1.09 bits per heavy atom. The van der Waals surface area contributed by atoms with E-state index in [2.05, 4.69) is 26.9 Å². The normalized spacial score (nSPS) is 13.8. The third-order valence-corrected chi connectivity index (χ3v) is 3.68. The molecule has 2 N–H and O–H groups in total. The molecule has 0 saturated heterocycles. The van der Waals surface area contributed by atoms with Crippen LogP contribution in [0.5, 0.6) is 0 Å². The summed E-state index contributed by atoms with van der Waals surface area (Å²) >= 11 is 0. The van der Waals surface area contributed by atoms with Crippen LogP contribution in [0, 0.1) is 17.2 Å². The zero-order chi connectivity index (χ0) is 15.4. The second-order valence-electron chi connectivity index (χ2n) is 5.24. The largest absolute Gasteiger partial charge is 0.339 e. The summed E-state index contributed by atoms with van der Waals surface area (Å²) in [6.45, 7) is 0. The van der Waals surface area contributed by atoms with Gasteiger partial charge in [-0.05, 0) is 49.2 Å². The maximum atomic E-state index is 11.8. The summed E-state index contributed by atoms with van der Waals surface area (Å²) in [4.78, 5) is 11.8. The highest BCUT2D eigenvalue weighted by molar-refractivity contribution is 5.92. The quantitative estimate of drug-likeness (QED) is 0.904. The summed E-state index contributed by atoms with van der Waals surface area (Å²) in [5.74, 6) is 1.18. The Kier molecular flexibility index (Phi) is 3.97. The number of benzene rings is 1. The fraction of sp³-hybridized carbons (Fsp3) is 0.250. The van der Waals surface area contributed by atoms with Crippen LogP contribution < -0.4 is 10.6 Å². The van der Waals surface area contributed by atoms with Crippen LogP contribution in [0.1, 0.15) is 24.8 Å². The average Bonchev–Trinajstić information content (AvgIpc) is 2.48. The van der Waals surface area contributed by atoms with Gasteiger partial charge in [-0.15, -0.1) is 10.2 Å². The van der Waals surface area contributed by atoms with Crippen LogP contribution in [0.15, 0.2) is 36.4 Å². The smallest absolute Gasteiger partial charge is 0.228 e. The highest BCUT2D eigenvalue weighted by Crippen LogP contribution is 2.27. The number of hydrogen-bond acceptors (Lipinski definition) is 5. The Hall–Kier alpha value is -2.94. The van der Waals surface area contributed by atoms with E-state index in [0.29, 0.717) is 17.2 Å². The first-order valence-electron chi connectivity index (χ1n) is 7.16. The molecule has 110 valence electrons. The molecule has 1 heterocycles. The van der Waals surface area contributed by atoms with Crippen LogP contribution in [0.3, 0.4) is 0 Å². The monoisotopic (exact) mass is 293 g/mol. The minimum absolute atomic E-state index is 0.0216. The number of carbonyl (C=O) groups excluding carboxylic acids is 1. The zero-order valence-corrected chi connectivity index (χ0v) is 11.9. The maximum absolute atomic E-state index is 11.8. The molecular weight excluding hydrogens is 278 g/mol. The molecule has 0 aliphatic heterocycles. The van der Waals surface area contributed by atoms with E-state index in [4.69, 9.17) is 5.26 Å². The van der Waals surface area contributed by atoms with Gasteiger partial charge in [0.2, 0.25) is 5.91 Å². The van der Waals surface area contributed by atoms with Crippen molar-refractivity contribution < 1.29 is 4.79 Å². The lowest BCUT2D eigenvalue weighted by atomic mass is 9.85. The zero-order valence-electron chi connectivity index (χ0n) is 11.9. The molecular formula is C16H15N5O. The molecule has 2 aromatic rings. The Morgan fingerprint density at radius 2 is 1.77 bits per heavy atom. The summed E-state index contributed by atoms with van der Waals surface area (Å²) in [7, 11) is 0. The molecule has 1 aromatic carbocycles. The van der Waals surface area contributed by atoms with Gasteiger partial charge >= 0.3 is 0 Å². The SMILES string of the molecule is N#Cc1ccc(Nc2ccc(NC(=O)C3CCC3)nn2)cc1. The Balaban J connectivity index is 1.60. The summed E-state index contributed by atoms with van der Waals surface area (Å²) in [5.41, 5.74) is 1.42. The van der Waals surface area contributed by atoms with E-state index >= 15 is 0 Å². The summed E-state index contributed by atoms with van der Waals surface area (Å²) in [5, 5.41) is 22.6. The van der Waals surface area contributed by atoms with E-state index < -0.39 is 0 Å². The van der Waals surface area contributed by atoms with Gasteiger partial charge in [0.05, 0.1) is 11.6 Å². The predicted molar refractivity (Wildman–Crippen MR) is 82.4 cm³/mol. The van der Waals surface area contributed by atoms with Gasteiger partial charge in [0.15, 0.2) is 11.6 Å². The number of aromatic nitrogens is 2. The molecule has 1 fully saturated rings. The number of hydrogen-bond donors (Lipinski definition) is 2. The summed E-state index contributed by atoms with van der Waals surface area (Å²) in [6.07, 6.45) is 3.03. The van der Waals surface area contributed by atoms with Crippen LogP contribution in [0.4, 0.5) is 17.3 Å². The molecule has 6 heteroatoms. The lowest BCUT2D eigenvalue weighted by Gasteiger charge is -2.23. The Morgan fingerprint density at radius 3 is 2.32 bits per heavy atom. The van der Waals surface area contributed by atoms with Gasteiger partial charge < -0.3 is 10.6 Å². The van der Waals surface area contributed by atoms with Crippen LogP contribution in [-0.4, -0.2) is 16.1 Å². The minimum Gasteiger partial charge on any atom is -0.339 e. The van der Waals surface area contributed by atoms with Gasteiger partial charge in [-0.3, -0.25) is 4.79 Å². The molecule has 0 bridgehead atoms. The number of nitrogens with zero attached hydrogens (tertiary/aromatic N) is 3. The van der Waals surface area contributed by atoms with E-state index in [1.165, 1.54) is 0 Å². The molecule has 1 aliphatic carbocycles. The molecule has 0 spiro atoms. The van der Waals surface area contributed by atoms with Crippen molar-refractivity contribution in [1.29, 1.82) is 5.26 Å². The number of anilines is 3. The summed E-state index contributed by atoms with van der Waals surface area (Å²) in [6, 6.07) is 12.6. The highest BCUT2D eigenvalue weighted by atomic mass is 16.2. The van der Waals surface area contributed by atoms with Crippen molar-refractivity contribution in [3.05, 3.63) is 42.0 Å². The van der Waals surface area contributed by atoms with Gasteiger partial charge in [-0.25, -0.2) is 0 Å². The van der Waals surface area contributed by atoms with Gasteiger partial charge in [0.1, 0.15) is 0 Å². The van der Waals surface area contributed by atoms with E-state index in [-0.39, 0.29) is 11.8 Å². The number of nitriles is 1. The van der Waals surface area contributed by atoms with Crippen molar-refractivity contribution in [2.75, 3.05) is 10.6 Å². The molecule has 22 heavy (non-hydrogen) atoms. The molecule has 6 nitrogen and oxygen atoms in total. The Labute approximate surface area is 128 Å². The minimum atomic E-state index is 0.0216. The fourth-order valence-electron chi connectivity index (χ4n) is 2.14. The second-order valence-corrected chi connectivity index (χ2v) is 5.24. The van der Waals surface area contributed by atoms with E-state index in [0.717, 1.165) is 24.9 Å². The lowest BCUT2D eigenvalue weighted by molar-refractivity contribution is -0.122. The number of rotatable bonds is 4. The Bertz CT molecular complexity index is 699. The molecule has 1 amide bonds. The molecule has 3 rings (SSSR count). The van der Waals surface area contributed by atoms with Crippen molar-refractivity contribution >= 4 is 23.2 Å². The van der Waals surface area contributed by atoms with E-state index in [1.54, 1.807) is 36.4 Å². The standard InChI is InChI=1S/C16H15N5O/c17-10-11-4-6-13(7-5-11)18-14-8-9-15(21-20-14)19-16(22)12-2-1-3-12/h4-9,12H,1-3H2,(H,18,20)(H,19,21,22). The first-order valence-corrected chi connectivity index (χ1v) is 7.16. The third kappa shape index (κ3) is 3.20. The fourth-order valence-corrected chi connectivity index (χ4v) is 2.14. The van der Waals surface area contributed by atoms with Crippen LogP contribution in [-0.2, 0) is 4.79 Å². The van der Waals surface area contributed by atoms with Crippen molar-refractivity contribution in [2.24, 2.45) is 5.92 Å². The second kappa shape index (κ2) is 6.22. The van der Waals surface area contributed by atoms with Crippen LogP contribution in [0.2, 0.25) is 0 Å². The highest BCUT2D eigenvalue weighted by Gasteiger charge is 2.25. The summed E-state index contributed by atoms with van der Waals surface area (Å²) < 4.78 is 0. The number of carbonyl (C=O) groups is 1. The molecule has 0 atom stereocenters. The average molecular weight is 293 g/mol. The van der Waals surface area contributed by atoms with E-state index in [1.807, 2.05) is 0 Å². The third-order valence-electron chi connectivity index (χ3n) is 3.68. The number of amides is 1. The predicted octanol–water partition coefficient (Wildman–Crippen LogP) is 2.83. The van der Waals surface area contributed by atoms with Gasteiger partial charge in [0, 0.05) is 11.6 Å². The first kappa shape index (κ1) is 14.0. The van der Waals surface area contributed by atoms with Gasteiger partial charge in [0.25, 0.3) is 0 Å². The van der Waals surface area contributed by atoms with Crippen molar-refractivity contribution in [1.82, 2.24) is 10.2 Å². The lowest BCUT2D eigenvalue weighted by Crippen LogP contribution is -2.28. The van der Waals surface area contributed by atoms with Crippen LogP contribution in [0.25, 0.3) is 0 Å².